The minimum Gasteiger partial charge on any atom is -0.399 e. The van der Waals surface area contributed by atoms with E-state index >= 15 is 0 Å². The maximum Gasteiger partial charge on any atom is 0.231 e. The van der Waals surface area contributed by atoms with Crippen molar-refractivity contribution < 1.29 is 8.42 Å². The van der Waals surface area contributed by atoms with Gasteiger partial charge in [0.2, 0.25) is 10.0 Å². The average Bonchev–Trinajstić information content (AvgIpc) is 2.02. The summed E-state index contributed by atoms with van der Waals surface area (Å²) in [6, 6.07) is 6.78. The first-order valence-corrected chi connectivity index (χ1v) is 5.15. The molecule has 1 rings (SSSR count). The van der Waals surface area contributed by atoms with E-state index in [1.54, 1.807) is 24.3 Å². The van der Waals surface area contributed by atoms with Crippen molar-refractivity contribution in [1.82, 2.24) is 0 Å². The Balaban J connectivity index is 2.88. The molecule has 0 unspecified atom stereocenters. The Kier molecular flexibility index (Phi) is 2.69. The fourth-order valence-corrected chi connectivity index (χ4v) is 1.13. The summed E-state index contributed by atoms with van der Waals surface area (Å²) >= 11 is 0. The van der Waals surface area contributed by atoms with Gasteiger partial charge in [0, 0.05) is 11.1 Å². The number of rotatable bonds is 2. The third-order valence-corrected chi connectivity index (χ3v) is 1.90. The first kappa shape index (κ1) is 9.76. The van der Waals surface area contributed by atoms with Crippen LogP contribution in [-0.4, -0.2) is 8.42 Å². The lowest BCUT2D eigenvalue weighted by Crippen LogP contribution is -2.06. The summed E-state index contributed by atoms with van der Waals surface area (Å²) in [5.41, 5.74) is 6.81. The Bertz CT molecular complexity index is 406. The molecular formula is C8H10N2O2S. The molecule has 4 nitrogen and oxygen atoms in total. The molecule has 0 aliphatic carbocycles. The summed E-state index contributed by atoms with van der Waals surface area (Å²) in [6.07, 6.45) is 1.41. The van der Waals surface area contributed by atoms with Gasteiger partial charge in [0.05, 0.1) is 0 Å². The van der Waals surface area contributed by atoms with Crippen LogP contribution in [0.3, 0.4) is 0 Å². The van der Waals surface area contributed by atoms with Gasteiger partial charge >= 0.3 is 0 Å². The minimum atomic E-state index is -3.54. The summed E-state index contributed by atoms with van der Waals surface area (Å²) in [5.74, 6) is 0. The highest BCUT2D eigenvalue weighted by atomic mass is 32.2. The molecule has 4 N–H and O–H groups in total. The lowest BCUT2D eigenvalue weighted by Gasteiger charge is -1.93. The molecule has 0 atom stereocenters. The molecule has 0 fully saturated rings. The second-order valence-corrected chi connectivity index (χ2v) is 4.01. The van der Waals surface area contributed by atoms with Crippen molar-refractivity contribution >= 4 is 21.8 Å². The van der Waals surface area contributed by atoms with Crippen LogP contribution >= 0.6 is 0 Å². The highest BCUT2D eigenvalue weighted by Gasteiger charge is 1.93. The van der Waals surface area contributed by atoms with Gasteiger partial charge in [-0.05, 0) is 23.8 Å². The number of nitrogens with two attached hydrogens (primary N) is 2. The van der Waals surface area contributed by atoms with Gasteiger partial charge in [-0.3, -0.25) is 0 Å². The summed E-state index contributed by atoms with van der Waals surface area (Å²) in [5, 5.41) is 5.72. The van der Waals surface area contributed by atoms with Crippen LogP contribution in [0.15, 0.2) is 29.7 Å². The number of primary sulfonamides is 1. The smallest absolute Gasteiger partial charge is 0.231 e. The van der Waals surface area contributed by atoms with Crippen LogP contribution < -0.4 is 10.9 Å². The minimum absolute atomic E-state index is 0.632. The molecule has 1 aromatic carbocycles. The van der Waals surface area contributed by atoms with E-state index in [4.69, 9.17) is 10.9 Å². The molecular weight excluding hydrogens is 188 g/mol. The van der Waals surface area contributed by atoms with Crippen LogP contribution in [0.1, 0.15) is 5.56 Å². The Morgan fingerprint density at radius 2 is 1.69 bits per heavy atom. The Morgan fingerprint density at radius 3 is 2.15 bits per heavy atom. The van der Waals surface area contributed by atoms with Crippen LogP contribution in [-0.2, 0) is 10.0 Å². The normalized spacial score (nSPS) is 12.1. The SMILES string of the molecule is Nc1ccc(/C=C/S(N)(=O)=O)cc1. The number of benzene rings is 1. The second-order valence-electron chi connectivity index (χ2n) is 2.56. The van der Waals surface area contributed by atoms with Crippen molar-refractivity contribution in [2.75, 3.05) is 5.73 Å². The van der Waals surface area contributed by atoms with Crippen LogP contribution in [0, 0.1) is 0 Å². The van der Waals surface area contributed by atoms with E-state index in [1.807, 2.05) is 0 Å². The molecule has 0 heterocycles. The third kappa shape index (κ3) is 3.73. The highest BCUT2D eigenvalue weighted by molar-refractivity contribution is 7.92. The maximum absolute atomic E-state index is 10.5. The van der Waals surface area contributed by atoms with E-state index < -0.39 is 10.0 Å². The standard InChI is InChI=1S/C8H10N2O2S/c9-8-3-1-7(2-4-8)5-6-13(10,11)12/h1-6H,9H2,(H2,10,11,12)/b6-5+. The van der Waals surface area contributed by atoms with Gasteiger partial charge in [-0.1, -0.05) is 12.1 Å². The van der Waals surface area contributed by atoms with E-state index in [0.717, 1.165) is 11.0 Å². The molecule has 0 spiro atoms. The molecule has 0 bridgehead atoms. The first-order valence-electron chi connectivity index (χ1n) is 3.54. The van der Waals surface area contributed by atoms with Crippen LogP contribution in [0.5, 0.6) is 0 Å². The molecule has 0 aliphatic heterocycles. The zero-order valence-electron chi connectivity index (χ0n) is 6.84. The lowest BCUT2D eigenvalue weighted by atomic mass is 10.2. The van der Waals surface area contributed by atoms with Crippen LogP contribution in [0.2, 0.25) is 0 Å². The van der Waals surface area contributed by atoms with Gasteiger partial charge in [0.1, 0.15) is 0 Å². The van der Waals surface area contributed by atoms with E-state index in [2.05, 4.69) is 0 Å². The molecule has 0 radical (unpaired) electrons. The molecule has 13 heavy (non-hydrogen) atoms. The number of anilines is 1. The Labute approximate surface area is 76.9 Å². The van der Waals surface area contributed by atoms with Crippen LogP contribution in [0.4, 0.5) is 5.69 Å². The molecule has 0 saturated heterocycles. The Hall–Kier alpha value is -1.33. The van der Waals surface area contributed by atoms with Gasteiger partial charge < -0.3 is 5.73 Å². The molecule has 0 aliphatic rings. The van der Waals surface area contributed by atoms with Crippen molar-refractivity contribution in [3.63, 3.8) is 0 Å². The zero-order valence-corrected chi connectivity index (χ0v) is 7.66. The van der Waals surface area contributed by atoms with Gasteiger partial charge in [-0.15, -0.1) is 0 Å². The molecule has 70 valence electrons. The lowest BCUT2D eigenvalue weighted by molar-refractivity contribution is 0.606. The van der Waals surface area contributed by atoms with E-state index in [9.17, 15) is 8.42 Å². The molecule has 0 aromatic heterocycles. The predicted molar refractivity (Wildman–Crippen MR) is 53.0 cm³/mol. The fourth-order valence-electron chi connectivity index (χ4n) is 0.781. The van der Waals surface area contributed by atoms with E-state index in [0.29, 0.717) is 5.69 Å². The van der Waals surface area contributed by atoms with Gasteiger partial charge in [0.15, 0.2) is 0 Å². The summed E-state index contributed by atoms with van der Waals surface area (Å²) in [6.45, 7) is 0. The molecule has 5 heteroatoms. The van der Waals surface area contributed by atoms with Crippen molar-refractivity contribution in [2.45, 2.75) is 0 Å². The quantitative estimate of drug-likeness (QED) is 0.679. The van der Waals surface area contributed by atoms with Gasteiger partial charge in [-0.2, -0.15) is 0 Å². The predicted octanol–water partition coefficient (Wildman–Crippen LogP) is 0.528. The summed E-state index contributed by atoms with van der Waals surface area (Å²) in [4.78, 5) is 0. The van der Waals surface area contributed by atoms with Gasteiger partial charge in [0.25, 0.3) is 0 Å². The second kappa shape index (κ2) is 3.59. The van der Waals surface area contributed by atoms with Crippen molar-refractivity contribution in [2.24, 2.45) is 5.14 Å². The van der Waals surface area contributed by atoms with Crippen molar-refractivity contribution in [1.29, 1.82) is 0 Å². The van der Waals surface area contributed by atoms with E-state index in [-0.39, 0.29) is 0 Å². The number of hydrogen-bond acceptors (Lipinski definition) is 3. The van der Waals surface area contributed by atoms with E-state index in [1.165, 1.54) is 6.08 Å². The first-order chi connectivity index (χ1) is 5.97. The zero-order chi connectivity index (χ0) is 9.90. The topological polar surface area (TPSA) is 86.2 Å². The maximum atomic E-state index is 10.5. The number of hydrogen-bond donors (Lipinski definition) is 2. The summed E-state index contributed by atoms with van der Waals surface area (Å²) < 4.78 is 21.1. The number of nitrogen functional groups attached to an aromatic ring is 1. The molecule has 0 amide bonds. The molecule has 0 saturated carbocycles. The van der Waals surface area contributed by atoms with Gasteiger partial charge in [-0.25, -0.2) is 13.6 Å². The van der Waals surface area contributed by atoms with Crippen molar-refractivity contribution in [3.05, 3.63) is 35.2 Å². The highest BCUT2D eigenvalue weighted by Crippen LogP contribution is 2.07. The summed E-state index contributed by atoms with van der Waals surface area (Å²) in [7, 11) is -3.54. The fraction of sp³-hybridized carbons (Fsp3) is 0. The monoisotopic (exact) mass is 198 g/mol. The van der Waals surface area contributed by atoms with Crippen molar-refractivity contribution in [3.8, 4) is 0 Å². The third-order valence-electron chi connectivity index (χ3n) is 1.39. The largest absolute Gasteiger partial charge is 0.399 e. The number of sulfonamides is 1. The van der Waals surface area contributed by atoms with Crippen LogP contribution in [0.25, 0.3) is 6.08 Å². The molecule has 1 aromatic rings. The Morgan fingerprint density at radius 1 is 1.15 bits per heavy atom. The average molecular weight is 198 g/mol.